The monoisotopic (exact) mass is 218 g/mol. The van der Waals surface area contributed by atoms with Crippen molar-refractivity contribution < 1.29 is 5.11 Å². The highest BCUT2D eigenvalue weighted by molar-refractivity contribution is 5.16. The maximum Gasteiger partial charge on any atom is 0.0570 e. The lowest BCUT2D eigenvalue weighted by Gasteiger charge is -2.32. The fourth-order valence-corrected chi connectivity index (χ4v) is 2.44. The largest absolute Gasteiger partial charge is 0.393 e. The molecule has 2 N–H and O–H groups in total. The summed E-state index contributed by atoms with van der Waals surface area (Å²) in [6, 6.07) is 11.0. The second-order valence-corrected chi connectivity index (χ2v) is 4.69. The zero-order valence-corrected chi connectivity index (χ0v) is 9.60. The van der Waals surface area contributed by atoms with Crippen LogP contribution in [0.2, 0.25) is 0 Å². The lowest BCUT2D eigenvalue weighted by Crippen LogP contribution is -2.42. The van der Waals surface area contributed by atoms with Gasteiger partial charge in [-0.15, -0.1) is 0 Å². The average Bonchev–Trinajstić information content (AvgIpc) is 2.30. The maximum absolute atomic E-state index is 9.52. The Balaban J connectivity index is 1.90. The minimum atomic E-state index is -0.416. The summed E-state index contributed by atoms with van der Waals surface area (Å²) in [4.78, 5) is 0. The third kappa shape index (κ3) is 3.06. The molecule has 1 aliphatic heterocycles. The number of hydrogen-bond donors (Lipinski definition) is 2. The SMILES string of the molecule is [CH2]C(O)C1CCNC(Cc2ccccc2)C1. The van der Waals surface area contributed by atoms with Crippen LogP contribution in [0.1, 0.15) is 18.4 Å². The molecule has 0 aliphatic carbocycles. The summed E-state index contributed by atoms with van der Waals surface area (Å²) in [6.45, 7) is 4.73. The van der Waals surface area contributed by atoms with Crippen LogP contribution in [0.5, 0.6) is 0 Å². The Hall–Kier alpha value is -0.860. The number of aliphatic hydroxyl groups excluding tert-OH is 1. The third-order valence-corrected chi connectivity index (χ3v) is 3.40. The number of aliphatic hydroxyl groups is 1. The molecule has 87 valence electrons. The molecule has 3 unspecified atom stereocenters. The summed E-state index contributed by atoms with van der Waals surface area (Å²) in [6.07, 6.45) is 2.69. The lowest BCUT2D eigenvalue weighted by atomic mass is 9.86. The Morgan fingerprint density at radius 3 is 2.81 bits per heavy atom. The van der Waals surface area contributed by atoms with Gasteiger partial charge >= 0.3 is 0 Å². The highest BCUT2D eigenvalue weighted by atomic mass is 16.3. The zero-order valence-electron chi connectivity index (χ0n) is 9.60. The van der Waals surface area contributed by atoms with Crippen LogP contribution in [0.25, 0.3) is 0 Å². The van der Waals surface area contributed by atoms with Crippen LogP contribution in [0.4, 0.5) is 0 Å². The van der Waals surface area contributed by atoms with Gasteiger partial charge in [-0.2, -0.15) is 0 Å². The van der Waals surface area contributed by atoms with E-state index in [0.29, 0.717) is 12.0 Å². The minimum Gasteiger partial charge on any atom is -0.393 e. The average molecular weight is 218 g/mol. The van der Waals surface area contributed by atoms with Crippen LogP contribution in [0.15, 0.2) is 30.3 Å². The number of piperidine rings is 1. The standard InChI is InChI=1S/C14H20NO/c1-11(16)13-7-8-15-14(10-13)9-12-5-3-2-4-6-12/h2-6,11,13-16H,1,7-10H2. The third-order valence-electron chi connectivity index (χ3n) is 3.40. The Morgan fingerprint density at radius 1 is 1.38 bits per heavy atom. The van der Waals surface area contributed by atoms with Crippen molar-refractivity contribution in [2.24, 2.45) is 5.92 Å². The maximum atomic E-state index is 9.52. The number of rotatable bonds is 3. The fraction of sp³-hybridized carbons (Fsp3) is 0.500. The summed E-state index contributed by atoms with van der Waals surface area (Å²) in [7, 11) is 0. The first-order valence-corrected chi connectivity index (χ1v) is 6.04. The smallest absolute Gasteiger partial charge is 0.0570 e. The first-order valence-electron chi connectivity index (χ1n) is 6.04. The molecule has 0 saturated carbocycles. The summed E-state index contributed by atoms with van der Waals surface area (Å²) < 4.78 is 0. The van der Waals surface area contributed by atoms with Gasteiger partial charge in [0.05, 0.1) is 6.10 Å². The van der Waals surface area contributed by atoms with E-state index >= 15 is 0 Å². The normalized spacial score (nSPS) is 27.6. The predicted octanol–water partition coefficient (Wildman–Crippen LogP) is 1.79. The Morgan fingerprint density at radius 2 is 2.12 bits per heavy atom. The van der Waals surface area contributed by atoms with Crippen molar-refractivity contribution in [1.82, 2.24) is 5.32 Å². The van der Waals surface area contributed by atoms with Crippen molar-refractivity contribution in [2.75, 3.05) is 6.54 Å². The van der Waals surface area contributed by atoms with Gasteiger partial charge in [-0.3, -0.25) is 0 Å². The Labute approximate surface area is 97.7 Å². The first-order chi connectivity index (χ1) is 7.75. The van der Waals surface area contributed by atoms with Gasteiger partial charge in [0, 0.05) is 6.04 Å². The second kappa shape index (κ2) is 5.46. The molecule has 1 heterocycles. The van der Waals surface area contributed by atoms with E-state index in [1.807, 2.05) is 6.07 Å². The Bertz CT molecular complexity index is 310. The van der Waals surface area contributed by atoms with Gasteiger partial charge < -0.3 is 10.4 Å². The number of nitrogens with one attached hydrogen (secondary N) is 1. The van der Waals surface area contributed by atoms with Gasteiger partial charge in [-0.1, -0.05) is 30.3 Å². The molecule has 0 bridgehead atoms. The molecule has 1 aromatic rings. The van der Waals surface area contributed by atoms with Crippen molar-refractivity contribution in [3.05, 3.63) is 42.8 Å². The molecule has 1 saturated heterocycles. The van der Waals surface area contributed by atoms with Crippen LogP contribution in [-0.4, -0.2) is 23.8 Å². The summed E-state index contributed by atoms with van der Waals surface area (Å²) in [5.74, 6) is 0.356. The summed E-state index contributed by atoms with van der Waals surface area (Å²) >= 11 is 0. The van der Waals surface area contributed by atoms with Crippen LogP contribution in [-0.2, 0) is 6.42 Å². The predicted molar refractivity (Wildman–Crippen MR) is 66.0 cm³/mol. The molecule has 1 aliphatic rings. The van der Waals surface area contributed by atoms with E-state index in [1.165, 1.54) is 5.56 Å². The summed E-state index contributed by atoms with van der Waals surface area (Å²) in [5, 5.41) is 13.0. The number of hydrogen-bond acceptors (Lipinski definition) is 2. The quantitative estimate of drug-likeness (QED) is 0.810. The molecule has 3 atom stereocenters. The van der Waals surface area contributed by atoms with Crippen molar-refractivity contribution in [3.63, 3.8) is 0 Å². The lowest BCUT2D eigenvalue weighted by molar-refractivity contribution is 0.113. The van der Waals surface area contributed by atoms with E-state index in [9.17, 15) is 5.11 Å². The van der Waals surface area contributed by atoms with Gasteiger partial charge in [0.1, 0.15) is 0 Å². The van der Waals surface area contributed by atoms with Crippen LogP contribution < -0.4 is 5.32 Å². The molecule has 16 heavy (non-hydrogen) atoms. The molecular formula is C14H20NO. The van der Waals surface area contributed by atoms with Gasteiger partial charge in [-0.25, -0.2) is 0 Å². The zero-order chi connectivity index (χ0) is 11.4. The van der Waals surface area contributed by atoms with Crippen LogP contribution in [0.3, 0.4) is 0 Å². The van der Waals surface area contributed by atoms with E-state index in [4.69, 9.17) is 0 Å². The van der Waals surface area contributed by atoms with E-state index < -0.39 is 6.10 Å². The molecule has 1 radical (unpaired) electrons. The first kappa shape index (κ1) is 11.6. The van der Waals surface area contributed by atoms with Crippen molar-refractivity contribution in [2.45, 2.75) is 31.4 Å². The molecule has 1 aromatic carbocycles. The fourth-order valence-electron chi connectivity index (χ4n) is 2.44. The van der Waals surface area contributed by atoms with E-state index in [-0.39, 0.29) is 0 Å². The molecule has 0 amide bonds. The van der Waals surface area contributed by atoms with Gasteiger partial charge in [0.2, 0.25) is 0 Å². The Kier molecular flexibility index (Phi) is 3.97. The van der Waals surface area contributed by atoms with Gasteiger partial charge in [-0.05, 0) is 44.2 Å². The highest BCUT2D eigenvalue weighted by Crippen LogP contribution is 2.21. The van der Waals surface area contributed by atoms with Gasteiger partial charge in [0.25, 0.3) is 0 Å². The molecule has 1 fully saturated rings. The van der Waals surface area contributed by atoms with E-state index in [0.717, 1.165) is 25.8 Å². The number of benzene rings is 1. The van der Waals surface area contributed by atoms with E-state index in [1.54, 1.807) is 0 Å². The molecule has 2 rings (SSSR count). The molecule has 0 aromatic heterocycles. The minimum absolute atomic E-state index is 0.356. The molecule has 2 nitrogen and oxygen atoms in total. The second-order valence-electron chi connectivity index (χ2n) is 4.69. The molecule has 0 spiro atoms. The van der Waals surface area contributed by atoms with Gasteiger partial charge in [0.15, 0.2) is 0 Å². The van der Waals surface area contributed by atoms with Crippen molar-refractivity contribution >= 4 is 0 Å². The topological polar surface area (TPSA) is 32.3 Å². The van der Waals surface area contributed by atoms with Crippen molar-refractivity contribution in [1.29, 1.82) is 0 Å². The van der Waals surface area contributed by atoms with Crippen LogP contribution in [0, 0.1) is 12.8 Å². The molecular weight excluding hydrogens is 198 g/mol. The van der Waals surface area contributed by atoms with E-state index in [2.05, 4.69) is 36.5 Å². The highest BCUT2D eigenvalue weighted by Gasteiger charge is 2.24. The summed E-state index contributed by atoms with van der Waals surface area (Å²) in [5.41, 5.74) is 1.36. The molecule has 2 heteroatoms. The van der Waals surface area contributed by atoms with Crippen molar-refractivity contribution in [3.8, 4) is 0 Å². The van der Waals surface area contributed by atoms with Crippen LogP contribution >= 0.6 is 0 Å².